The average Bonchev–Trinajstić information content (AvgIpc) is 2.80. The molecule has 1 unspecified atom stereocenters. The molecule has 0 spiro atoms. The van der Waals surface area contributed by atoms with E-state index in [2.05, 4.69) is 20.5 Å². The normalized spacial score (nSPS) is 12.2. The maximum Gasteiger partial charge on any atom is 0.239 e. The summed E-state index contributed by atoms with van der Waals surface area (Å²) in [7, 11) is 1.90. The van der Waals surface area contributed by atoms with Crippen LogP contribution in [0.1, 0.15) is 25.7 Å². The highest BCUT2D eigenvalue weighted by atomic mass is 16.5. The number of aromatic nitrogens is 4. The van der Waals surface area contributed by atoms with Crippen LogP contribution in [0.2, 0.25) is 0 Å². The van der Waals surface area contributed by atoms with Gasteiger partial charge in [-0.15, -0.1) is 10.2 Å². The van der Waals surface area contributed by atoms with Crippen LogP contribution in [0.25, 0.3) is 0 Å². The molecule has 0 saturated heterocycles. The van der Waals surface area contributed by atoms with Crippen LogP contribution in [0, 0.1) is 0 Å². The molecule has 2 aromatic heterocycles. The van der Waals surface area contributed by atoms with Gasteiger partial charge in [-0.2, -0.15) is 4.98 Å². The number of nitrogens with one attached hydrogen (secondary N) is 1. The van der Waals surface area contributed by atoms with Crippen molar-refractivity contribution in [3.05, 3.63) is 24.3 Å². The lowest BCUT2D eigenvalue weighted by Gasteiger charge is -2.15. The number of nitrogens with zero attached hydrogens (tertiary/aromatic N) is 4. The highest BCUT2D eigenvalue weighted by molar-refractivity contribution is 5.53. The monoisotopic (exact) mass is 262 g/mol. The molecule has 0 saturated carbocycles. The van der Waals surface area contributed by atoms with E-state index >= 15 is 0 Å². The van der Waals surface area contributed by atoms with Crippen LogP contribution in [-0.2, 0) is 7.05 Å². The van der Waals surface area contributed by atoms with E-state index in [0.717, 1.165) is 5.82 Å². The van der Waals surface area contributed by atoms with Crippen molar-refractivity contribution in [3.8, 4) is 5.88 Å². The number of hydrogen-bond acceptors (Lipinski definition) is 6. The minimum absolute atomic E-state index is 0.0156. The molecule has 7 heteroatoms. The number of nitrogens with two attached hydrogens (primary N) is 1. The van der Waals surface area contributed by atoms with E-state index in [1.165, 1.54) is 0 Å². The fraction of sp³-hybridized carbons (Fsp3) is 0.417. The van der Waals surface area contributed by atoms with Gasteiger partial charge in [0.1, 0.15) is 12.1 Å². The molecule has 19 heavy (non-hydrogen) atoms. The van der Waals surface area contributed by atoms with Crippen molar-refractivity contribution >= 4 is 11.5 Å². The molecule has 2 rings (SSSR count). The van der Waals surface area contributed by atoms with Gasteiger partial charge in [0.2, 0.25) is 5.88 Å². The quantitative estimate of drug-likeness (QED) is 0.845. The van der Waals surface area contributed by atoms with Gasteiger partial charge in [-0.05, 0) is 26.0 Å². The molecule has 2 aromatic rings. The van der Waals surface area contributed by atoms with E-state index in [1.807, 2.05) is 31.5 Å². The van der Waals surface area contributed by atoms with Gasteiger partial charge in [0.05, 0.1) is 18.3 Å². The maximum absolute atomic E-state index is 5.78. The Morgan fingerprint density at radius 1 is 1.47 bits per heavy atom. The SMILES string of the molecule is CCOc1nc(NC(C)c2nncn2C)ccc1N. The molecule has 1 atom stereocenters. The minimum Gasteiger partial charge on any atom is -0.476 e. The molecule has 0 aromatic carbocycles. The Kier molecular flexibility index (Phi) is 3.84. The van der Waals surface area contributed by atoms with Crippen molar-refractivity contribution in [2.45, 2.75) is 19.9 Å². The Hall–Kier alpha value is -2.31. The van der Waals surface area contributed by atoms with Crippen molar-refractivity contribution in [2.75, 3.05) is 17.7 Å². The number of ether oxygens (including phenoxy) is 1. The molecule has 0 aliphatic heterocycles. The van der Waals surface area contributed by atoms with E-state index in [-0.39, 0.29) is 6.04 Å². The summed E-state index contributed by atoms with van der Waals surface area (Å²) in [6.07, 6.45) is 1.66. The van der Waals surface area contributed by atoms with Crippen LogP contribution in [0.15, 0.2) is 18.5 Å². The second-order valence-corrected chi connectivity index (χ2v) is 4.19. The minimum atomic E-state index is -0.0156. The van der Waals surface area contributed by atoms with Gasteiger partial charge in [-0.3, -0.25) is 0 Å². The van der Waals surface area contributed by atoms with Crippen LogP contribution in [0.4, 0.5) is 11.5 Å². The Labute approximate surface area is 111 Å². The summed E-state index contributed by atoms with van der Waals surface area (Å²) in [5.41, 5.74) is 6.31. The van der Waals surface area contributed by atoms with Gasteiger partial charge in [-0.1, -0.05) is 0 Å². The van der Waals surface area contributed by atoms with Gasteiger partial charge in [0.25, 0.3) is 0 Å². The number of pyridine rings is 1. The first-order valence-electron chi connectivity index (χ1n) is 6.11. The van der Waals surface area contributed by atoms with Crippen LogP contribution in [-0.4, -0.2) is 26.4 Å². The summed E-state index contributed by atoms with van der Waals surface area (Å²) in [5, 5.41) is 11.1. The van der Waals surface area contributed by atoms with Crippen molar-refractivity contribution in [1.82, 2.24) is 19.7 Å². The maximum atomic E-state index is 5.78. The van der Waals surface area contributed by atoms with Gasteiger partial charge in [0.15, 0.2) is 5.82 Å². The summed E-state index contributed by atoms with van der Waals surface area (Å²) in [5.74, 6) is 1.96. The Balaban J connectivity index is 2.15. The van der Waals surface area contributed by atoms with Crippen molar-refractivity contribution in [2.24, 2.45) is 7.05 Å². The van der Waals surface area contributed by atoms with Gasteiger partial charge < -0.3 is 20.4 Å². The van der Waals surface area contributed by atoms with Crippen LogP contribution < -0.4 is 15.8 Å². The fourth-order valence-corrected chi connectivity index (χ4v) is 1.75. The summed E-state index contributed by atoms with van der Waals surface area (Å²) >= 11 is 0. The van der Waals surface area contributed by atoms with Crippen molar-refractivity contribution < 1.29 is 4.74 Å². The molecule has 102 valence electrons. The average molecular weight is 262 g/mol. The summed E-state index contributed by atoms with van der Waals surface area (Å²) in [6, 6.07) is 3.56. The molecule has 3 N–H and O–H groups in total. The smallest absolute Gasteiger partial charge is 0.239 e. The summed E-state index contributed by atoms with van der Waals surface area (Å²) < 4.78 is 7.22. The summed E-state index contributed by atoms with van der Waals surface area (Å²) in [6.45, 7) is 4.41. The number of aryl methyl sites for hydroxylation is 1. The Morgan fingerprint density at radius 2 is 2.26 bits per heavy atom. The lowest BCUT2D eigenvalue weighted by Crippen LogP contribution is -2.13. The van der Waals surface area contributed by atoms with E-state index in [9.17, 15) is 0 Å². The molecule has 0 aliphatic carbocycles. The standard InChI is InChI=1S/C12H18N6O/c1-4-19-12-9(13)5-6-10(16-12)15-8(2)11-17-14-7-18(11)3/h5-8H,4,13H2,1-3H3,(H,15,16). The third-order valence-corrected chi connectivity index (χ3v) is 2.67. The zero-order chi connectivity index (χ0) is 13.8. The molecule has 0 amide bonds. The van der Waals surface area contributed by atoms with E-state index in [0.29, 0.717) is 24.0 Å². The van der Waals surface area contributed by atoms with Crippen LogP contribution >= 0.6 is 0 Å². The third kappa shape index (κ3) is 2.93. The molecule has 2 heterocycles. The molecule has 0 radical (unpaired) electrons. The molecular weight excluding hydrogens is 244 g/mol. The predicted octanol–water partition coefficient (Wildman–Crippen LogP) is 1.36. The molecule has 0 bridgehead atoms. The van der Waals surface area contributed by atoms with Crippen molar-refractivity contribution in [3.63, 3.8) is 0 Å². The van der Waals surface area contributed by atoms with Gasteiger partial charge in [-0.25, -0.2) is 0 Å². The predicted molar refractivity (Wildman–Crippen MR) is 72.9 cm³/mol. The highest BCUT2D eigenvalue weighted by Gasteiger charge is 2.12. The van der Waals surface area contributed by atoms with Crippen LogP contribution in [0.3, 0.4) is 0 Å². The first-order valence-corrected chi connectivity index (χ1v) is 6.11. The highest BCUT2D eigenvalue weighted by Crippen LogP contribution is 2.23. The van der Waals surface area contributed by atoms with E-state index in [4.69, 9.17) is 10.5 Å². The zero-order valence-corrected chi connectivity index (χ0v) is 11.3. The van der Waals surface area contributed by atoms with Gasteiger partial charge in [0, 0.05) is 7.05 Å². The third-order valence-electron chi connectivity index (χ3n) is 2.67. The summed E-state index contributed by atoms with van der Waals surface area (Å²) in [4.78, 5) is 4.33. The first-order chi connectivity index (χ1) is 9.11. The van der Waals surface area contributed by atoms with Crippen LogP contribution in [0.5, 0.6) is 5.88 Å². The Morgan fingerprint density at radius 3 is 2.89 bits per heavy atom. The second-order valence-electron chi connectivity index (χ2n) is 4.19. The fourth-order valence-electron chi connectivity index (χ4n) is 1.75. The number of nitrogen functional groups attached to an aromatic ring is 1. The van der Waals surface area contributed by atoms with Crippen molar-refractivity contribution in [1.29, 1.82) is 0 Å². The lowest BCUT2D eigenvalue weighted by molar-refractivity contribution is 0.329. The number of hydrogen-bond donors (Lipinski definition) is 2. The number of anilines is 2. The lowest BCUT2D eigenvalue weighted by atomic mass is 10.3. The molecule has 0 fully saturated rings. The topological polar surface area (TPSA) is 90.9 Å². The Bertz CT molecular complexity index is 553. The first kappa shape index (κ1) is 13.1. The largest absolute Gasteiger partial charge is 0.476 e. The van der Waals surface area contributed by atoms with E-state index < -0.39 is 0 Å². The molecule has 7 nitrogen and oxygen atoms in total. The second kappa shape index (κ2) is 5.55. The van der Waals surface area contributed by atoms with Gasteiger partial charge >= 0.3 is 0 Å². The van der Waals surface area contributed by atoms with E-state index in [1.54, 1.807) is 12.4 Å². The molecule has 0 aliphatic rings. The zero-order valence-electron chi connectivity index (χ0n) is 11.3. The molecular formula is C12H18N6O. The number of rotatable bonds is 5.